The number of piperidine rings is 1. The molecule has 0 saturated carbocycles. The molecule has 1 aromatic heterocycles. The van der Waals surface area contributed by atoms with Crippen molar-refractivity contribution in [3.63, 3.8) is 0 Å². The molecule has 2 heterocycles. The Labute approximate surface area is 109 Å². The van der Waals surface area contributed by atoms with Gasteiger partial charge < -0.3 is 10.2 Å². The van der Waals surface area contributed by atoms with Crippen molar-refractivity contribution in [2.75, 3.05) is 16.8 Å². The second kappa shape index (κ2) is 5.98. The van der Waals surface area contributed by atoms with Crippen molar-refractivity contribution >= 4 is 11.8 Å². The molecule has 1 aliphatic rings. The van der Waals surface area contributed by atoms with E-state index in [4.69, 9.17) is 0 Å². The van der Waals surface area contributed by atoms with Crippen LogP contribution in [-0.2, 0) is 0 Å². The lowest BCUT2D eigenvalue weighted by atomic mass is 10.0. The number of nitrogens with one attached hydrogen (secondary N) is 1. The van der Waals surface area contributed by atoms with Crippen molar-refractivity contribution in [3.05, 3.63) is 6.20 Å². The number of hydrogen-bond acceptors (Lipinski definition) is 5. The van der Waals surface area contributed by atoms with Crippen molar-refractivity contribution < 1.29 is 0 Å². The second-order valence-corrected chi connectivity index (χ2v) is 5.19. The van der Waals surface area contributed by atoms with Crippen LogP contribution in [0.4, 0.5) is 11.8 Å². The standard InChI is InChI=1S/C13H23N5/c1-4-11-7-5-6-8-18(11)13-16-12(9-14-17-13)15-10(2)3/h9-11H,4-8H2,1-3H3,(H,15,16,17). The highest BCUT2D eigenvalue weighted by Gasteiger charge is 2.23. The Morgan fingerprint density at radius 3 is 3.00 bits per heavy atom. The van der Waals surface area contributed by atoms with E-state index in [-0.39, 0.29) is 0 Å². The van der Waals surface area contributed by atoms with Gasteiger partial charge in [-0.25, -0.2) is 0 Å². The summed E-state index contributed by atoms with van der Waals surface area (Å²) in [7, 11) is 0. The van der Waals surface area contributed by atoms with E-state index in [1.807, 2.05) is 0 Å². The molecule has 5 heteroatoms. The average molecular weight is 249 g/mol. The molecule has 18 heavy (non-hydrogen) atoms. The third kappa shape index (κ3) is 3.09. The fourth-order valence-corrected chi connectivity index (χ4v) is 2.47. The molecule has 0 spiro atoms. The first-order valence-corrected chi connectivity index (χ1v) is 6.93. The van der Waals surface area contributed by atoms with Gasteiger partial charge in [0.25, 0.3) is 0 Å². The van der Waals surface area contributed by atoms with E-state index >= 15 is 0 Å². The molecule has 0 bridgehead atoms. The maximum absolute atomic E-state index is 4.58. The van der Waals surface area contributed by atoms with Gasteiger partial charge >= 0.3 is 0 Å². The van der Waals surface area contributed by atoms with Crippen molar-refractivity contribution in [1.82, 2.24) is 15.2 Å². The summed E-state index contributed by atoms with van der Waals surface area (Å²) in [6.45, 7) is 7.47. The molecule has 1 fully saturated rings. The van der Waals surface area contributed by atoms with Crippen molar-refractivity contribution in [2.45, 2.75) is 58.5 Å². The highest BCUT2D eigenvalue weighted by Crippen LogP contribution is 2.23. The first kappa shape index (κ1) is 13.1. The lowest BCUT2D eigenvalue weighted by Gasteiger charge is -2.35. The minimum Gasteiger partial charge on any atom is -0.366 e. The summed E-state index contributed by atoms with van der Waals surface area (Å²) in [6.07, 6.45) is 6.61. The maximum Gasteiger partial charge on any atom is 0.247 e. The second-order valence-electron chi connectivity index (χ2n) is 5.19. The summed E-state index contributed by atoms with van der Waals surface area (Å²) in [5, 5.41) is 11.5. The lowest BCUT2D eigenvalue weighted by molar-refractivity contribution is 0.441. The fourth-order valence-electron chi connectivity index (χ4n) is 2.47. The van der Waals surface area contributed by atoms with Crippen LogP contribution in [0, 0.1) is 0 Å². The van der Waals surface area contributed by atoms with Gasteiger partial charge in [0.05, 0.1) is 6.20 Å². The Balaban J connectivity index is 2.15. The fraction of sp³-hybridized carbons (Fsp3) is 0.769. The summed E-state index contributed by atoms with van der Waals surface area (Å²) in [5.74, 6) is 1.59. The first-order valence-electron chi connectivity index (χ1n) is 6.93. The predicted molar refractivity (Wildman–Crippen MR) is 73.9 cm³/mol. The van der Waals surface area contributed by atoms with Gasteiger partial charge in [0, 0.05) is 18.6 Å². The largest absolute Gasteiger partial charge is 0.366 e. The van der Waals surface area contributed by atoms with E-state index < -0.39 is 0 Å². The SMILES string of the molecule is CCC1CCCCN1c1nncc(NC(C)C)n1. The van der Waals surface area contributed by atoms with Gasteiger partial charge in [-0.15, -0.1) is 5.10 Å². The van der Waals surface area contributed by atoms with Gasteiger partial charge in [-0.3, -0.25) is 0 Å². The molecule has 5 nitrogen and oxygen atoms in total. The van der Waals surface area contributed by atoms with E-state index in [9.17, 15) is 0 Å². The third-order valence-corrected chi connectivity index (χ3v) is 3.34. The Kier molecular flexibility index (Phi) is 4.33. The lowest BCUT2D eigenvalue weighted by Crippen LogP contribution is -2.40. The summed E-state index contributed by atoms with van der Waals surface area (Å²) >= 11 is 0. The molecule has 0 radical (unpaired) electrons. The van der Waals surface area contributed by atoms with Crippen molar-refractivity contribution in [1.29, 1.82) is 0 Å². The maximum atomic E-state index is 4.58. The van der Waals surface area contributed by atoms with Gasteiger partial charge in [-0.05, 0) is 39.5 Å². The smallest absolute Gasteiger partial charge is 0.247 e. The monoisotopic (exact) mass is 249 g/mol. The number of hydrogen-bond donors (Lipinski definition) is 1. The Hall–Kier alpha value is -1.39. The van der Waals surface area contributed by atoms with Gasteiger partial charge in [-0.2, -0.15) is 10.1 Å². The van der Waals surface area contributed by atoms with Gasteiger partial charge in [0.15, 0.2) is 5.82 Å². The molecular formula is C13H23N5. The predicted octanol–water partition coefficient (Wildman–Crippen LogP) is 2.46. The van der Waals surface area contributed by atoms with Crippen LogP contribution in [-0.4, -0.2) is 33.8 Å². The average Bonchev–Trinajstić information content (AvgIpc) is 2.38. The van der Waals surface area contributed by atoms with E-state index in [2.05, 4.69) is 46.2 Å². The summed E-state index contributed by atoms with van der Waals surface area (Å²) in [6, 6.07) is 0.924. The number of aromatic nitrogens is 3. The van der Waals surface area contributed by atoms with Crippen LogP contribution in [0.2, 0.25) is 0 Å². The molecule has 1 unspecified atom stereocenters. The zero-order valence-corrected chi connectivity index (χ0v) is 11.6. The van der Waals surface area contributed by atoms with E-state index in [1.165, 1.54) is 19.3 Å². The molecule has 0 amide bonds. The highest BCUT2D eigenvalue weighted by molar-refractivity contribution is 5.40. The zero-order valence-electron chi connectivity index (χ0n) is 11.6. The highest BCUT2D eigenvalue weighted by atomic mass is 15.3. The van der Waals surface area contributed by atoms with E-state index in [1.54, 1.807) is 6.20 Å². The van der Waals surface area contributed by atoms with E-state index in [0.717, 1.165) is 24.7 Å². The van der Waals surface area contributed by atoms with Gasteiger partial charge in [0.1, 0.15) is 0 Å². The Morgan fingerprint density at radius 2 is 2.28 bits per heavy atom. The molecule has 1 N–H and O–H groups in total. The van der Waals surface area contributed by atoms with Crippen LogP contribution in [0.25, 0.3) is 0 Å². The molecule has 0 aliphatic carbocycles. The van der Waals surface area contributed by atoms with Crippen LogP contribution < -0.4 is 10.2 Å². The van der Waals surface area contributed by atoms with Crippen molar-refractivity contribution in [2.24, 2.45) is 0 Å². The molecule has 0 aromatic carbocycles. The van der Waals surface area contributed by atoms with Crippen LogP contribution in [0.1, 0.15) is 46.5 Å². The van der Waals surface area contributed by atoms with Crippen LogP contribution in [0.3, 0.4) is 0 Å². The van der Waals surface area contributed by atoms with Crippen LogP contribution in [0.5, 0.6) is 0 Å². The molecule has 2 rings (SSSR count). The minimum absolute atomic E-state index is 0.359. The van der Waals surface area contributed by atoms with Crippen LogP contribution in [0.15, 0.2) is 6.20 Å². The normalized spacial score (nSPS) is 20.2. The Bertz CT molecular complexity index is 379. The first-order chi connectivity index (χ1) is 8.70. The third-order valence-electron chi connectivity index (χ3n) is 3.34. The van der Waals surface area contributed by atoms with Gasteiger partial charge in [0.2, 0.25) is 5.95 Å². The molecule has 1 atom stereocenters. The number of nitrogens with zero attached hydrogens (tertiary/aromatic N) is 4. The summed E-state index contributed by atoms with van der Waals surface area (Å²) < 4.78 is 0. The number of rotatable bonds is 4. The molecular weight excluding hydrogens is 226 g/mol. The minimum atomic E-state index is 0.359. The summed E-state index contributed by atoms with van der Waals surface area (Å²) in [5.41, 5.74) is 0. The van der Waals surface area contributed by atoms with Gasteiger partial charge in [-0.1, -0.05) is 6.92 Å². The van der Waals surface area contributed by atoms with E-state index in [0.29, 0.717) is 12.1 Å². The molecule has 1 saturated heterocycles. The topological polar surface area (TPSA) is 53.9 Å². The quantitative estimate of drug-likeness (QED) is 0.888. The molecule has 1 aromatic rings. The Morgan fingerprint density at radius 1 is 1.44 bits per heavy atom. The molecule has 100 valence electrons. The summed E-state index contributed by atoms with van der Waals surface area (Å²) in [4.78, 5) is 6.88. The zero-order chi connectivity index (χ0) is 13.0. The molecule has 1 aliphatic heterocycles. The van der Waals surface area contributed by atoms with Crippen LogP contribution >= 0.6 is 0 Å². The number of anilines is 2. The van der Waals surface area contributed by atoms with Crippen molar-refractivity contribution in [3.8, 4) is 0 Å².